The summed E-state index contributed by atoms with van der Waals surface area (Å²) in [7, 11) is 1.89. The van der Waals surface area contributed by atoms with E-state index in [4.69, 9.17) is 5.11 Å². The number of hydrogen-bond donors (Lipinski definition) is 2. The summed E-state index contributed by atoms with van der Waals surface area (Å²) in [5.41, 5.74) is 0.847. The quantitative estimate of drug-likeness (QED) is 0.815. The molecule has 0 aliphatic carbocycles. The summed E-state index contributed by atoms with van der Waals surface area (Å²) in [4.78, 5) is 12.9. The predicted molar refractivity (Wildman–Crippen MR) is 70.6 cm³/mol. The van der Waals surface area contributed by atoms with Gasteiger partial charge in [-0.05, 0) is 19.5 Å². The van der Waals surface area contributed by atoms with E-state index in [0.29, 0.717) is 6.54 Å². The second-order valence-corrected chi connectivity index (χ2v) is 4.66. The SMILES string of the molecule is CCC(c1ccccc1O)N(C)CC(C)C(=O)O. The highest BCUT2D eigenvalue weighted by Crippen LogP contribution is 2.30. The van der Waals surface area contributed by atoms with Crippen molar-refractivity contribution in [2.45, 2.75) is 26.3 Å². The maximum Gasteiger partial charge on any atom is 0.307 e. The Bertz CT molecular complexity index is 406. The van der Waals surface area contributed by atoms with Crippen molar-refractivity contribution in [1.29, 1.82) is 0 Å². The van der Waals surface area contributed by atoms with E-state index < -0.39 is 11.9 Å². The second kappa shape index (κ2) is 6.40. The lowest BCUT2D eigenvalue weighted by Gasteiger charge is -2.29. The molecule has 1 rings (SSSR count). The van der Waals surface area contributed by atoms with Gasteiger partial charge in [-0.25, -0.2) is 0 Å². The summed E-state index contributed by atoms with van der Waals surface area (Å²) in [5, 5.41) is 18.8. The number of carboxylic acids is 1. The molecule has 0 amide bonds. The van der Waals surface area contributed by atoms with Gasteiger partial charge in [0.25, 0.3) is 0 Å². The number of phenols is 1. The molecule has 100 valence electrons. The number of aliphatic carboxylic acids is 1. The molecule has 4 nitrogen and oxygen atoms in total. The molecule has 0 radical (unpaired) electrons. The fraction of sp³-hybridized carbons (Fsp3) is 0.500. The van der Waals surface area contributed by atoms with E-state index >= 15 is 0 Å². The van der Waals surface area contributed by atoms with Gasteiger partial charge in [-0.3, -0.25) is 9.69 Å². The first-order chi connectivity index (χ1) is 8.47. The minimum Gasteiger partial charge on any atom is -0.508 e. The summed E-state index contributed by atoms with van der Waals surface area (Å²) in [6.07, 6.45) is 0.820. The lowest BCUT2D eigenvalue weighted by Crippen LogP contribution is -2.31. The van der Waals surface area contributed by atoms with Crippen molar-refractivity contribution >= 4 is 5.97 Å². The Kier molecular flexibility index (Phi) is 5.16. The van der Waals surface area contributed by atoms with Crippen molar-refractivity contribution < 1.29 is 15.0 Å². The standard InChI is InChI=1S/C14H21NO3/c1-4-12(11-7-5-6-8-13(11)16)15(3)9-10(2)14(17)18/h5-8,10,12,16H,4,9H2,1-3H3,(H,17,18). The van der Waals surface area contributed by atoms with E-state index in [0.717, 1.165) is 12.0 Å². The minimum absolute atomic E-state index is 0.0352. The van der Waals surface area contributed by atoms with E-state index in [9.17, 15) is 9.90 Å². The smallest absolute Gasteiger partial charge is 0.307 e. The zero-order valence-electron chi connectivity index (χ0n) is 11.1. The van der Waals surface area contributed by atoms with Gasteiger partial charge in [-0.15, -0.1) is 0 Å². The molecule has 0 spiro atoms. The zero-order chi connectivity index (χ0) is 13.7. The third kappa shape index (κ3) is 3.47. The van der Waals surface area contributed by atoms with E-state index in [1.54, 1.807) is 19.1 Å². The van der Waals surface area contributed by atoms with Crippen LogP contribution >= 0.6 is 0 Å². The number of nitrogens with zero attached hydrogens (tertiary/aromatic N) is 1. The number of hydrogen-bond acceptors (Lipinski definition) is 3. The molecule has 0 aliphatic heterocycles. The number of aromatic hydroxyl groups is 1. The van der Waals surface area contributed by atoms with Crippen LogP contribution in [-0.2, 0) is 4.79 Å². The zero-order valence-corrected chi connectivity index (χ0v) is 11.1. The van der Waals surface area contributed by atoms with Crippen molar-refractivity contribution in [3.63, 3.8) is 0 Å². The number of para-hydroxylation sites is 1. The Morgan fingerprint density at radius 2 is 2.00 bits per heavy atom. The van der Waals surface area contributed by atoms with Crippen molar-refractivity contribution in [1.82, 2.24) is 4.90 Å². The van der Waals surface area contributed by atoms with Crippen LogP contribution in [-0.4, -0.2) is 34.7 Å². The Morgan fingerprint density at radius 3 is 2.50 bits per heavy atom. The molecule has 4 heteroatoms. The Balaban J connectivity index is 2.84. The number of carboxylic acid groups (broad SMARTS) is 1. The third-order valence-corrected chi connectivity index (χ3v) is 3.20. The van der Waals surface area contributed by atoms with Gasteiger partial charge in [0.1, 0.15) is 5.75 Å². The number of carbonyl (C=O) groups is 1. The van der Waals surface area contributed by atoms with Crippen LogP contribution in [0.5, 0.6) is 5.75 Å². The monoisotopic (exact) mass is 251 g/mol. The second-order valence-electron chi connectivity index (χ2n) is 4.66. The van der Waals surface area contributed by atoms with Crippen LogP contribution in [0.15, 0.2) is 24.3 Å². The average molecular weight is 251 g/mol. The Hall–Kier alpha value is -1.55. The van der Waals surface area contributed by atoms with Crippen molar-refractivity contribution in [3.8, 4) is 5.75 Å². The fourth-order valence-corrected chi connectivity index (χ4v) is 2.18. The fourth-order valence-electron chi connectivity index (χ4n) is 2.18. The van der Waals surface area contributed by atoms with Gasteiger partial charge in [0.2, 0.25) is 0 Å². The highest BCUT2D eigenvalue weighted by Gasteiger charge is 2.21. The first-order valence-corrected chi connectivity index (χ1v) is 6.18. The first kappa shape index (κ1) is 14.5. The molecule has 0 saturated carbocycles. The average Bonchev–Trinajstić information content (AvgIpc) is 2.32. The molecular formula is C14H21NO3. The lowest BCUT2D eigenvalue weighted by molar-refractivity contribution is -0.141. The van der Waals surface area contributed by atoms with Crippen LogP contribution in [0.25, 0.3) is 0 Å². The Morgan fingerprint density at radius 1 is 1.39 bits per heavy atom. The van der Waals surface area contributed by atoms with Crippen LogP contribution < -0.4 is 0 Å². The van der Waals surface area contributed by atoms with Gasteiger partial charge in [0.05, 0.1) is 5.92 Å². The highest BCUT2D eigenvalue weighted by molar-refractivity contribution is 5.69. The molecule has 0 saturated heterocycles. The molecule has 0 fully saturated rings. The van der Waals surface area contributed by atoms with Crippen LogP contribution in [0, 0.1) is 5.92 Å². The molecule has 2 atom stereocenters. The third-order valence-electron chi connectivity index (χ3n) is 3.20. The van der Waals surface area contributed by atoms with E-state index in [1.165, 1.54) is 0 Å². The van der Waals surface area contributed by atoms with Crippen molar-refractivity contribution in [3.05, 3.63) is 29.8 Å². The van der Waals surface area contributed by atoms with E-state index in [2.05, 4.69) is 0 Å². The van der Waals surface area contributed by atoms with Gasteiger partial charge in [0, 0.05) is 18.2 Å². The van der Waals surface area contributed by atoms with Crippen LogP contribution in [0.1, 0.15) is 31.9 Å². The largest absolute Gasteiger partial charge is 0.508 e. The molecular weight excluding hydrogens is 230 g/mol. The minimum atomic E-state index is -0.797. The van der Waals surface area contributed by atoms with E-state index in [-0.39, 0.29) is 11.8 Å². The number of phenolic OH excluding ortho intramolecular Hbond substituents is 1. The summed E-state index contributed by atoms with van der Waals surface area (Å²) in [5.74, 6) is -0.955. The number of rotatable bonds is 6. The molecule has 1 aromatic carbocycles. The van der Waals surface area contributed by atoms with Gasteiger partial charge in [-0.1, -0.05) is 32.0 Å². The normalized spacial score (nSPS) is 14.4. The summed E-state index contributed by atoms with van der Waals surface area (Å²) in [6.45, 7) is 4.18. The van der Waals surface area contributed by atoms with E-state index in [1.807, 2.05) is 31.0 Å². The molecule has 0 bridgehead atoms. The topological polar surface area (TPSA) is 60.8 Å². The van der Waals surface area contributed by atoms with Crippen molar-refractivity contribution in [2.75, 3.05) is 13.6 Å². The lowest BCUT2D eigenvalue weighted by atomic mass is 10.0. The predicted octanol–water partition coefficient (Wildman–Crippen LogP) is 2.50. The van der Waals surface area contributed by atoms with Crippen LogP contribution in [0.2, 0.25) is 0 Å². The van der Waals surface area contributed by atoms with Crippen molar-refractivity contribution in [2.24, 2.45) is 5.92 Å². The summed E-state index contributed by atoms with van der Waals surface area (Å²) >= 11 is 0. The molecule has 0 heterocycles. The maximum absolute atomic E-state index is 10.9. The van der Waals surface area contributed by atoms with Gasteiger partial charge >= 0.3 is 5.97 Å². The molecule has 18 heavy (non-hydrogen) atoms. The summed E-state index contributed by atoms with van der Waals surface area (Å²) in [6, 6.07) is 7.24. The van der Waals surface area contributed by atoms with Crippen LogP contribution in [0.3, 0.4) is 0 Å². The van der Waals surface area contributed by atoms with Gasteiger partial charge in [0.15, 0.2) is 0 Å². The highest BCUT2D eigenvalue weighted by atomic mass is 16.4. The molecule has 0 aromatic heterocycles. The molecule has 2 N–H and O–H groups in total. The molecule has 0 aliphatic rings. The summed E-state index contributed by atoms with van der Waals surface area (Å²) < 4.78 is 0. The van der Waals surface area contributed by atoms with Gasteiger partial charge < -0.3 is 10.2 Å². The molecule has 2 unspecified atom stereocenters. The molecule has 1 aromatic rings. The van der Waals surface area contributed by atoms with Crippen LogP contribution in [0.4, 0.5) is 0 Å². The maximum atomic E-state index is 10.9. The first-order valence-electron chi connectivity index (χ1n) is 6.18. The Labute approximate surface area is 108 Å². The van der Waals surface area contributed by atoms with Gasteiger partial charge in [-0.2, -0.15) is 0 Å². The number of benzene rings is 1.